The van der Waals surface area contributed by atoms with Crippen LogP contribution in [0.2, 0.25) is 5.02 Å². The van der Waals surface area contributed by atoms with Crippen LogP contribution in [0.5, 0.6) is 5.75 Å². The number of hydrogen-bond acceptors (Lipinski definition) is 4. The predicted molar refractivity (Wildman–Crippen MR) is 76.9 cm³/mol. The fourth-order valence-electron chi connectivity index (χ4n) is 2.52. The van der Waals surface area contributed by atoms with Crippen molar-refractivity contribution in [1.82, 2.24) is 4.90 Å². The van der Waals surface area contributed by atoms with E-state index in [-0.39, 0.29) is 12.0 Å². The maximum Gasteiger partial charge on any atom is 0.182 e. The Morgan fingerprint density at radius 2 is 2.10 bits per heavy atom. The average molecular weight is 294 g/mol. The molecular weight excluding hydrogens is 278 g/mol. The molecule has 0 N–H and O–H groups in total. The van der Waals surface area contributed by atoms with Crippen molar-refractivity contribution in [1.29, 1.82) is 0 Å². The molecule has 5 heteroatoms. The van der Waals surface area contributed by atoms with Gasteiger partial charge in [-0.25, -0.2) is 0 Å². The first kappa shape index (κ1) is 13.6. The molecule has 106 valence electrons. The number of rotatable bonds is 2. The molecule has 2 heterocycles. The second-order valence-electron chi connectivity index (χ2n) is 4.96. The average Bonchev–Trinajstić information content (AvgIpc) is 2.46. The number of benzene rings is 1. The molecule has 1 saturated heterocycles. The Morgan fingerprint density at radius 3 is 2.80 bits per heavy atom. The second-order valence-corrected chi connectivity index (χ2v) is 5.39. The van der Waals surface area contributed by atoms with Crippen molar-refractivity contribution in [3.63, 3.8) is 0 Å². The third kappa shape index (κ3) is 2.59. The summed E-state index contributed by atoms with van der Waals surface area (Å²) in [6.45, 7) is 4.42. The minimum Gasteiger partial charge on any atom is -0.470 e. The molecule has 2 aliphatic rings. The van der Waals surface area contributed by atoms with E-state index in [1.165, 1.54) is 0 Å². The molecule has 4 nitrogen and oxygen atoms in total. The maximum absolute atomic E-state index is 11.9. The Kier molecular flexibility index (Phi) is 3.78. The van der Waals surface area contributed by atoms with Gasteiger partial charge in [0.2, 0.25) is 0 Å². The molecule has 2 aliphatic heterocycles. The monoisotopic (exact) mass is 293 g/mol. The molecule has 0 aliphatic carbocycles. The molecule has 1 atom stereocenters. The zero-order valence-electron chi connectivity index (χ0n) is 11.3. The van der Waals surface area contributed by atoms with E-state index in [1.807, 2.05) is 18.2 Å². The van der Waals surface area contributed by atoms with Crippen molar-refractivity contribution in [2.75, 3.05) is 26.3 Å². The van der Waals surface area contributed by atoms with E-state index in [0.29, 0.717) is 23.8 Å². The number of halogens is 1. The lowest BCUT2D eigenvalue weighted by atomic mass is 10.0. The molecule has 0 radical (unpaired) electrons. The first-order chi connectivity index (χ1) is 9.65. The summed E-state index contributed by atoms with van der Waals surface area (Å²) in [6, 6.07) is 5.46. The van der Waals surface area contributed by atoms with Crippen LogP contribution in [0.4, 0.5) is 0 Å². The normalized spacial score (nSPS) is 22.7. The van der Waals surface area contributed by atoms with E-state index >= 15 is 0 Å². The van der Waals surface area contributed by atoms with E-state index in [1.54, 1.807) is 13.0 Å². The molecule has 0 bridgehead atoms. The maximum atomic E-state index is 11.9. The molecular formula is C15H16ClNO3. The summed E-state index contributed by atoms with van der Waals surface area (Å²) in [5.74, 6) is 0.781. The number of ketones is 1. The summed E-state index contributed by atoms with van der Waals surface area (Å²) >= 11 is 5.99. The quantitative estimate of drug-likeness (QED) is 0.839. The minimum absolute atomic E-state index is 0.0205. The molecule has 3 rings (SSSR count). The predicted octanol–water partition coefficient (Wildman–Crippen LogP) is 2.36. The molecule has 0 saturated carbocycles. The number of morpholine rings is 1. The topological polar surface area (TPSA) is 38.8 Å². The molecule has 1 aromatic carbocycles. The van der Waals surface area contributed by atoms with Crippen molar-refractivity contribution >= 4 is 23.5 Å². The minimum atomic E-state index is -0.329. The number of hydrogen-bond donors (Lipinski definition) is 0. The molecule has 0 aromatic heterocycles. The van der Waals surface area contributed by atoms with E-state index in [4.69, 9.17) is 21.1 Å². The van der Waals surface area contributed by atoms with E-state index < -0.39 is 0 Å². The Labute approximate surface area is 122 Å². The summed E-state index contributed by atoms with van der Waals surface area (Å²) in [4.78, 5) is 14.0. The van der Waals surface area contributed by atoms with Gasteiger partial charge in [0, 0.05) is 23.7 Å². The molecule has 0 amide bonds. The third-order valence-electron chi connectivity index (χ3n) is 3.57. The van der Waals surface area contributed by atoms with Gasteiger partial charge in [-0.2, -0.15) is 0 Å². The number of carbonyl (C=O) groups is 1. The molecule has 0 unspecified atom stereocenters. The highest BCUT2D eigenvalue weighted by atomic mass is 35.5. The van der Waals surface area contributed by atoms with Crippen LogP contribution in [0.25, 0.3) is 6.08 Å². The van der Waals surface area contributed by atoms with Crippen LogP contribution in [0, 0.1) is 0 Å². The lowest BCUT2D eigenvalue weighted by molar-refractivity contribution is -0.116. The molecule has 1 fully saturated rings. The standard InChI is InChI=1S/C15H16ClNO3/c1-10(18)13-9-11-8-12(16)2-3-14(11)20-15(13)17-4-6-19-7-5-17/h2-3,8-9,15H,4-7H2,1H3/t15-/m0/s1. The number of Topliss-reactive ketones (excluding diaryl/α,β-unsaturated/α-hetero) is 1. The van der Waals surface area contributed by atoms with Gasteiger partial charge in [0.05, 0.1) is 18.8 Å². The van der Waals surface area contributed by atoms with Gasteiger partial charge in [-0.05, 0) is 31.2 Å². The summed E-state index contributed by atoms with van der Waals surface area (Å²) in [5, 5.41) is 0.635. The van der Waals surface area contributed by atoms with E-state index in [9.17, 15) is 4.79 Å². The van der Waals surface area contributed by atoms with Gasteiger partial charge in [-0.3, -0.25) is 9.69 Å². The van der Waals surface area contributed by atoms with Gasteiger partial charge in [-0.15, -0.1) is 0 Å². The zero-order chi connectivity index (χ0) is 14.1. The fourth-order valence-corrected chi connectivity index (χ4v) is 2.70. The fraction of sp³-hybridized carbons (Fsp3) is 0.400. The third-order valence-corrected chi connectivity index (χ3v) is 3.81. The van der Waals surface area contributed by atoms with Gasteiger partial charge in [-0.1, -0.05) is 11.6 Å². The molecule has 20 heavy (non-hydrogen) atoms. The SMILES string of the molecule is CC(=O)C1=Cc2cc(Cl)ccc2O[C@@H]1N1CCOCC1. The molecule has 1 aromatic rings. The van der Waals surface area contributed by atoms with Crippen molar-refractivity contribution in [2.24, 2.45) is 0 Å². The first-order valence-corrected chi connectivity index (χ1v) is 7.03. The molecule has 0 spiro atoms. The number of nitrogens with zero attached hydrogens (tertiary/aromatic N) is 1. The Morgan fingerprint density at radius 1 is 1.35 bits per heavy atom. The van der Waals surface area contributed by atoms with Crippen LogP contribution in [-0.2, 0) is 9.53 Å². The van der Waals surface area contributed by atoms with Crippen molar-refractivity contribution in [3.8, 4) is 5.75 Å². The van der Waals surface area contributed by atoms with Crippen LogP contribution < -0.4 is 4.74 Å². The van der Waals surface area contributed by atoms with Crippen LogP contribution in [0.3, 0.4) is 0 Å². The summed E-state index contributed by atoms with van der Waals surface area (Å²) < 4.78 is 11.4. The summed E-state index contributed by atoms with van der Waals surface area (Å²) in [6.07, 6.45) is 1.55. The second kappa shape index (κ2) is 5.56. The van der Waals surface area contributed by atoms with Gasteiger partial charge in [0.1, 0.15) is 5.75 Å². The Bertz CT molecular complexity index is 564. The lowest BCUT2D eigenvalue weighted by Crippen LogP contribution is -2.49. The van der Waals surface area contributed by atoms with Crippen molar-refractivity contribution in [3.05, 3.63) is 34.4 Å². The van der Waals surface area contributed by atoms with Crippen molar-refractivity contribution in [2.45, 2.75) is 13.2 Å². The van der Waals surface area contributed by atoms with Gasteiger partial charge in [0.25, 0.3) is 0 Å². The number of ether oxygens (including phenoxy) is 2. The van der Waals surface area contributed by atoms with Crippen LogP contribution in [-0.4, -0.2) is 43.2 Å². The van der Waals surface area contributed by atoms with Crippen LogP contribution in [0.15, 0.2) is 23.8 Å². The Hall–Kier alpha value is -1.36. The highest BCUT2D eigenvalue weighted by Crippen LogP contribution is 2.33. The largest absolute Gasteiger partial charge is 0.470 e. The summed E-state index contributed by atoms with van der Waals surface area (Å²) in [7, 11) is 0. The zero-order valence-corrected chi connectivity index (χ0v) is 12.0. The smallest absolute Gasteiger partial charge is 0.182 e. The number of carbonyl (C=O) groups excluding carboxylic acids is 1. The van der Waals surface area contributed by atoms with E-state index in [2.05, 4.69) is 4.90 Å². The van der Waals surface area contributed by atoms with Crippen LogP contribution >= 0.6 is 11.6 Å². The van der Waals surface area contributed by atoms with Gasteiger partial charge < -0.3 is 9.47 Å². The number of fused-ring (bicyclic) bond motifs is 1. The van der Waals surface area contributed by atoms with Gasteiger partial charge in [0.15, 0.2) is 12.0 Å². The highest BCUT2D eigenvalue weighted by Gasteiger charge is 2.31. The van der Waals surface area contributed by atoms with E-state index in [0.717, 1.165) is 24.4 Å². The first-order valence-electron chi connectivity index (χ1n) is 6.65. The summed E-state index contributed by atoms with van der Waals surface area (Å²) in [5.41, 5.74) is 1.52. The Balaban J connectivity index is 1.96. The van der Waals surface area contributed by atoms with Crippen molar-refractivity contribution < 1.29 is 14.3 Å². The lowest BCUT2D eigenvalue weighted by Gasteiger charge is -2.37. The van der Waals surface area contributed by atoms with Crippen LogP contribution in [0.1, 0.15) is 12.5 Å². The van der Waals surface area contributed by atoms with Gasteiger partial charge >= 0.3 is 0 Å². The highest BCUT2D eigenvalue weighted by molar-refractivity contribution is 6.30.